The standard InChI is InChI=1S/C64H58F9N11O4/c1-37-28-51-50(74-33-37)32-52(75-51)59(85)79-19-14-39(15-20-79)45-8-6-41(29-48(45)63(68,69)70)42-18-25-82-34-53(77-58(82)31-42)60(86)80-23-16-40(17-24-80)46-9-7-43(30-49(46)64(71,72)73)55-36-83(26-27-88-55)57-11-10-56-76-54(35-84(56)78-57)61(87)81-21-12-38(13-22-81)44-4-2-3-5-47(44)62(65,66)67/h2-11,18,25,28-35,38-40,55,75H,12-17,19-24,26-27,36H2,1H3. The summed E-state index contributed by atoms with van der Waals surface area (Å²) in [5.74, 6) is -1.89. The molecule has 1 atom stereocenters. The summed E-state index contributed by atoms with van der Waals surface area (Å²) in [7, 11) is 0. The second kappa shape index (κ2) is 22.7. The third-order valence-electron chi connectivity index (χ3n) is 17.8. The van der Waals surface area contributed by atoms with Gasteiger partial charge in [0, 0.05) is 70.9 Å². The topological polar surface area (TPSA) is 150 Å². The van der Waals surface area contributed by atoms with E-state index in [-0.39, 0.29) is 111 Å². The number of fused-ring (bicyclic) bond motifs is 3. The lowest BCUT2D eigenvalue weighted by Crippen LogP contribution is -2.39. The minimum Gasteiger partial charge on any atom is -0.370 e. The normalized spacial score (nSPS) is 18.1. The Morgan fingerprint density at radius 3 is 1.78 bits per heavy atom. The molecule has 6 aromatic heterocycles. The van der Waals surface area contributed by atoms with Gasteiger partial charge in [0.25, 0.3) is 17.7 Å². The first-order valence-electron chi connectivity index (χ1n) is 29.2. The van der Waals surface area contributed by atoms with E-state index in [4.69, 9.17) is 4.74 Å². The third-order valence-corrected chi connectivity index (χ3v) is 17.8. The minimum atomic E-state index is -4.71. The number of anilines is 1. The molecular formula is C64H58F9N11O4. The Morgan fingerprint density at radius 1 is 0.568 bits per heavy atom. The lowest BCUT2D eigenvalue weighted by Gasteiger charge is -2.35. The van der Waals surface area contributed by atoms with Crippen molar-refractivity contribution >= 4 is 45.9 Å². The molecule has 88 heavy (non-hydrogen) atoms. The number of aromatic nitrogens is 7. The molecule has 456 valence electrons. The van der Waals surface area contributed by atoms with Crippen LogP contribution in [-0.2, 0) is 23.3 Å². The highest BCUT2D eigenvalue weighted by atomic mass is 19.4. The van der Waals surface area contributed by atoms with E-state index in [0.29, 0.717) is 77.2 Å². The van der Waals surface area contributed by atoms with Crippen LogP contribution in [0.15, 0.2) is 122 Å². The number of rotatable bonds is 9. The smallest absolute Gasteiger partial charge is 0.370 e. The molecule has 4 aliphatic rings. The van der Waals surface area contributed by atoms with E-state index in [1.807, 2.05) is 17.9 Å². The molecule has 4 saturated heterocycles. The number of morpholine rings is 1. The number of hydrogen-bond donors (Lipinski definition) is 1. The first-order valence-corrected chi connectivity index (χ1v) is 29.2. The predicted molar refractivity (Wildman–Crippen MR) is 307 cm³/mol. The van der Waals surface area contributed by atoms with Gasteiger partial charge in [0.2, 0.25) is 0 Å². The van der Waals surface area contributed by atoms with Gasteiger partial charge in [0.15, 0.2) is 5.65 Å². The number of carbonyl (C=O) groups is 3. The van der Waals surface area contributed by atoms with E-state index in [2.05, 4.69) is 25.0 Å². The number of piperidine rings is 3. The van der Waals surface area contributed by atoms with E-state index in [9.17, 15) is 40.7 Å². The average molecular weight is 1220 g/mol. The van der Waals surface area contributed by atoms with Crippen LogP contribution >= 0.6 is 0 Å². The molecule has 3 aromatic carbocycles. The Morgan fingerprint density at radius 2 is 1.14 bits per heavy atom. The number of imidazole rings is 2. The Kier molecular flexibility index (Phi) is 15.0. The number of amides is 3. The van der Waals surface area contributed by atoms with Gasteiger partial charge in [-0.05, 0) is 157 Å². The molecule has 10 heterocycles. The number of pyridine rings is 2. The molecule has 9 aromatic rings. The van der Waals surface area contributed by atoms with E-state index in [1.54, 1.807) is 80.0 Å². The van der Waals surface area contributed by atoms with Crippen LogP contribution in [0.2, 0.25) is 0 Å². The molecular weight excluding hydrogens is 1160 g/mol. The second-order valence-corrected chi connectivity index (χ2v) is 23.3. The Bertz CT molecular complexity index is 4150. The van der Waals surface area contributed by atoms with E-state index >= 15 is 13.2 Å². The zero-order valence-corrected chi connectivity index (χ0v) is 47.5. The van der Waals surface area contributed by atoms with Crippen molar-refractivity contribution in [3.05, 3.63) is 183 Å². The molecule has 0 saturated carbocycles. The summed E-state index contributed by atoms with van der Waals surface area (Å²) in [6, 6.07) is 24.3. The molecule has 1 N–H and O–H groups in total. The van der Waals surface area contributed by atoms with Gasteiger partial charge in [0.1, 0.15) is 34.7 Å². The number of halogens is 9. The molecule has 24 heteroatoms. The summed E-state index contributed by atoms with van der Waals surface area (Å²) in [6.07, 6.45) is -6.43. The van der Waals surface area contributed by atoms with Gasteiger partial charge in [-0.2, -0.15) is 39.5 Å². The highest BCUT2D eigenvalue weighted by molar-refractivity contribution is 5.97. The summed E-state index contributed by atoms with van der Waals surface area (Å²) in [5, 5.41) is 4.69. The number of hydrogen-bond acceptors (Lipinski definition) is 9. The summed E-state index contributed by atoms with van der Waals surface area (Å²) in [5.41, 5.74) is 2.91. The number of likely N-dealkylation sites (tertiary alicyclic amines) is 3. The molecule has 4 aliphatic heterocycles. The van der Waals surface area contributed by atoms with Crippen molar-refractivity contribution in [2.45, 2.75) is 87.8 Å². The summed E-state index contributed by atoms with van der Waals surface area (Å²) < 4.78 is 140. The van der Waals surface area contributed by atoms with Crippen LogP contribution in [0, 0.1) is 6.92 Å². The van der Waals surface area contributed by atoms with E-state index in [1.165, 1.54) is 41.2 Å². The number of aromatic amines is 1. The van der Waals surface area contributed by atoms with Crippen LogP contribution in [0.25, 0.3) is 33.5 Å². The van der Waals surface area contributed by atoms with Crippen LogP contribution in [0.1, 0.15) is 138 Å². The maximum absolute atomic E-state index is 15.0. The third kappa shape index (κ3) is 11.5. The number of ether oxygens (including phenoxy) is 1. The van der Waals surface area contributed by atoms with Crippen molar-refractivity contribution in [1.82, 2.24) is 48.7 Å². The van der Waals surface area contributed by atoms with Crippen molar-refractivity contribution in [2.24, 2.45) is 0 Å². The summed E-state index contributed by atoms with van der Waals surface area (Å²) >= 11 is 0. The van der Waals surface area contributed by atoms with Gasteiger partial charge < -0.3 is 33.7 Å². The van der Waals surface area contributed by atoms with Gasteiger partial charge in [-0.1, -0.05) is 42.5 Å². The monoisotopic (exact) mass is 1220 g/mol. The van der Waals surface area contributed by atoms with Crippen molar-refractivity contribution in [1.29, 1.82) is 0 Å². The first-order chi connectivity index (χ1) is 42.1. The van der Waals surface area contributed by atoms with Crippen LogP contribution in [0.4, 0.5) is 45.3 Å². The van der Waals surface area contributed by atoms with Gasteiger partial charge >= 0.3 is 18.5 Å². The number of H-pyrrole nitrogens is 1. The number of carbonyl (C=O) groups excluding carboxylic acids is 3. The molecule has 0 spiro atoms. The Hall–Kier alpha value is -8.80. The maximum atomic E-state index is 15.0. The molecule has 15 nitrogen and oxygen atoms in total. The molecule has 1 unspecified atom stereocenters. The van der Waals surface area contributed by atoms with Gasteiger partial charge in [-0.15, -0.1) is 5.10 Å². The number of aryl methyl sites for hydroxylation is 1. The predicted octanol–water partition coefficient (Wildman–Crippen LogP) is 12.9. The fourth-order valence-electron chi connectivity index (χ4n) is 13.2. The largest absolute Gasteiger partial charge is 0.416 e. The zero-order chi connectivity index (χ0) is 61.4. The lowest BCUT2D eigenvalue weighted by molar-refractivity contribution is -0.139. The van der Waals surface area contributed by atoms with Crippen molar-refractivity contribution in [3.8, 4) is 11.1 Å². The quantitative estimate of drug-likeness (QED) is 0.139. The van der Waals surface area contributed by atoms with Crippen LogP contribution in [0.3, 0.4) is 0 Å². The fourth-order valence-corrected chi connectivity index (χ4v) is 13.2. The van der Waals surface area contributed by atoms with Crippen molar-refractivity contribution < 1.29 is 58.6 Å². The Labute approximate surface area is 497 Å². The highest BCUT2D eigenvalue weighted by Crippen LogP contribution is 2.44. The van der Waals surface area contributed by atoms with Crippen molar-refractivity contribution in [3.63, 3.8) is 0 Å². The van der Waals surface area contributed by atoms with Gasteiger partial charge in [0.05, 0.1) is 40.5 Å². The van der Waals surface area contributed by atoms with Crippen molar-refractivity contribution in [2.75, 3.05) is 63.9 Å². The van der Waals surface area contributed by atoms with Gasteiger partial charge in [-0.3, -0.25) is 19.4 Å². The number of nitrogens with one attached hydrogen (secondary N) is 1. The van der Waals surface area contributed by atoms with Gasteiger partial charge in [-0.25, -0.2) is 14.5 Å². The number of alkyl halides is 9. The average Bonchev–Trinajstić information content (AvgIpc) is 1.91. The molecule has 0 radical (unpaired) electrons. The number of benzene rings is 3. The van der Waals surface area contributed by atoms with Crippen LogP contribution < -0.4 is 4.90 Å². The summed E-state index contributed by atoms with van der Waals surface area (Å²) in [6.45, 7) is 3.97. The zero-order valence-electron chi connectivity index (χ0n) is 47.5. The summed E-state index contributed by atoms with van der Waals surface area (Å²) in [4.78, 5) is 64.1. The van der Waals surface area contributed by atoms with E-state index in [0.717, 1.165) is 29.3 Å². The maximum Gasteiger partial charge on any atom is 0.416 e. The Balaban J connectivity index is 0.632. The number of nitrogens with zero attached hydrogens (tertiary/aromatic N) is 10. The highest BCUT2D eigenvalue weighted by Gasteiger charge is 2.41. The van der Waals surface area contributed by atoms with Crippen LogP contribution in [0.5, 0.6) is 0 Å². The molecule has 4 fully saturated rings. The van der Waals surface area contributed by atoms with E-state index < -0.39 is 59.1 Å². The lowest BCUT2D eigenvalue weighted by atomic mass is 9.85. The SMILES string of the molecule is Cc1cnc2cc(C(=O)N3CCC(c4ccc(-c5ccn6cc(C(=O)N7CCC(c8ccc(C9CN(c%10ccc%11nc(C(=O)N%12CCC(c%13ccccc%13C(F)(F)F)CC%12)cn%11n%10)CCO9)cc8C(F)(F)F)CC7)nc6c5)cc4C(F)(F)F)CC3)[nH]c2c1. The molecule has 0 bridgehead atoms. The molecule has 0 aliphatic carbocycles. The molecule has 13 rings (SSSR count). The molecule has 3 amide bonds. The van der Waals surface area contributed by atoms with Crippen LogP contribution in [-0.4, -0.2) is 125 Å². The minimum absolute atomic E-state index is 0.0773. The fraction of sp³-hybridized carbons (Fsp3) is 0.359. The first kappa shape index (κ1) is 58.2. The second-order valence-electron chi connectivity index (χ2n) is 23.3.